The van der Waals surface area contributed by atoms with Crippen molar-refractivity contribution in [2.75, 3.05) is 18.5 Å². The number of hydrazine groups is 1. The number of thiocarbonyl (C=S) groups is 1. The van der Waals surface area contributed by atoms with Crippen LogP contribution in [0, 0.1) is 6.92 Å². The van der Waals surface area contributed by atoms with Crippen molar-refractivity contribution < 1.29 is 23.9 Å². The van der Waals surface area contributed by atoms with Crippen LogP contribution in [0.3, 0.4) is 0 Å². The highest BCUT2D eigenvalue weighted by Gasteiger charge is 2.10. The van der Waals surface area contributed by atoms with Gasteiger partial charge in [0.05, 0.1) is 6.61 Å². The van der Waals surface area contributed by atoms with Crippen LogP contribution in [-0.4, -0.2) is 36.0 Å². The minimum absolute atomic E-state index is 0.0237. The third kappa shape index (κ3) is 9.00. The van der Waals surface area contributed by atoms with Crippen molar-refractivity contribution in [3.8, 4) is 11.5 Å². The smallest absolute Gasteiger partial charge is 0.264 e. The van der Waals surface area contributed by atoms with Crippen molar-refractivity contribution in [3.63, 3.8) is 0 Å². The lowest BCUT2D eigenvalue weighted by Gasteiger charge is -2.12. The molecule has 10 heteroatoms. The van der Waals surface area contributed by atoms with Crippen molar-refractivity contribution in [1.29, 1.82) is 0 Å². The third-order valence-corrected chi connectivity index (χ3v) is 4.25. The summed E-state index contributed by atoms with van der Waals surface area (Å²) < 4.78 is 10.8. The Morgan fingerprint density at radius 2 is 1.56 bits per heavy atom. The molecule has 32 heavy (non-hydrogen) atoms. The van der Waals surface area contributed by atoms with Crippen molar-refractivity contribution in [2.24, 2.45) is 0 Å². The van der Waals surface area contributed by atoms with Gasteiger partial charge in [0, 0.05) is 18.5 Å². The maximum Gasteiger partial charge on any atom is 0.264 e. The molecule has 170 valence electrons. The highest BCUT2D eigenvalue weighted by Crippen LogP contribution is 2.16. The zero-order valence-corrected chi connectivity index (χ0v) is 18.7. The number of carbonyl (C=O) groups is 3. The number of rotatable bonds is 9. The van der Waals surface area contributed by atoms with E-state index in [0.29, 0.717) is 23.8 Å². The first-order valence-electron chi connectivity index (χ1n) is 9.97. The van der Waals surface area contributed by atoms with Gasteiger partial charge in [-0.25, -0.2) is 0 Å². The molecule has 0 aromatic heterocycles. The summed E-state index contributed by atoms with van der Waals surface area (Å²) in [7, 11) is 0. The standard InChI is InChI=1S/C22H26N4O5S/c1-3-30-17-10-8-16(9-11-17)23-19(27)12-13-20(28)25-26-22(32)24-21(29)14-31-18-7-5-4-6-15(18)2/h4-11H,3,12-14H2,1-2H3,(H,23,27)(H,25,28)(H2,24,26,29,32). The summed E-state index contributed by atoms with van der Waals surface area (Å²) in [6.45, 7) is 4.08. The van der Waals surface area contributed by atoms with Gasteiger partial charge in [0.15, 0.2) is 11.7 Å². The Bertz CT molecular complexity index is 950. The van der Waals surface area contributed by atoms with Crippen molar-refractivity contribution in [2.45, 2.75) is 26.7 Å². The summed E-state index contributed by atoms with van der Waals surface area (Å²) in [4.78, 5) is 35.8. The first-order valence-corrected chi connectivity index (χ1v) is 10.4. The van der Waals surface area contributed by atoms with Gasteiger partial charge >= 0.3 is 0 Å². The number of carbonyl (C=O) groups excluding carboxylic acids is 3. The van der Waals surface area contributed by atoms with E-state index in [1.165, 1.54) is 0 Å². The lowest BCUT2D eigenvalue weighted by molar-refractivity contribution is -0.125. The Balaban J connectivity index is 1.62. The first kappa shape index (κ1) is 24.6. The van der Waals surface area contributed by atoms with Crippen LogP contribution in [0.25, 0.3) is 0 Å². The van der Waals surface area contributed by atoms with E-state index in [-0.39, 0.29) is 30.5 Å². The molecule has 2 aromatic carbocycles. The Hall–Kier alpha value is -3.66. The van der Waals surface area contributed by atoms with Gasteiger partial charge in [-0.2, -0.15) is 0 Å². The number of para-hydroxylation sites is 1. The average Bonchev–Trinajstić information content (AvgIpc) is 2.77. The summed E-state index contributed by atoms with van der Waals surface area (Å²) in [6, 6.07) is 14.2. The molecule has 0 saturated heterocycles. The van der Waals surface area contributed by atoms with E-state index in [9.17, 15) is 14.4 Å². The molecule has 0 aliphatic rings. The minimum Gasteiger partial charge on any atom is -0.494 e. The average molecular weight is 459 g/mol. The van der Waals surface area contributed by atoms with E-state index >= 15 is 0 Å². The van der Waals surface area contributed by atoms with Crippen LogP contribution in [0.2, 0.25) is 0 Å². The summed E-state index contributed by atoms with van der Waals surface area (Å²) in [5, 5.41) is 5.00. The monoisotopic (exact) mass is 458 g/mol. The fraction of sp³-hybridized carbons (Fsp3) is 0.273. The molecule has 0 aliphatic carbocycles. The predicted octanol–water partition coefficient (Wildman–Crippen LogP) is 2.21. The van der Waals surface area contributed by atoms with Crippen LogP contribution < -0.4 is 31.0 Å². The Morgan fingerprint density at radius 3 is 2.25 bits per heavy atom. The van der Waals surface area contributed by atoms with Gasteiger partial charge in [-0.05, 0) is 62.0 Å². The molecule has 4 N–H and O–H groups in total. The fourth-order valence-electron chi connectivity index (χ4n) is 2.50. The normalized spacial score (nSPS) is 9.94. The van der Waals surface area contributed by atoms with Crippen LogP contribution >= 0.6 is 12.2 Å². The number of hydrogen-bond acceptors (Lipinski definition) is 6. The molecule has 0 fully saturated rings. The van der Waals surface area contributed by atoms with Crippen LogP contribution in [0.15, 0.2) is 48.5 Å². The van der Waals surface area contributed by atoms with E-state index in [0.717, 1.165) is 5.56 Å². The number of ether oxygens (including phenoxy) is 2. The molecule has 3 amide bonds. The topological polar surface area (TPSA) is 118 Å². The number of anilines is 1. The second-order valence-corrected chi connectivity index (χ2v) is 7.02. The molecule has 0 atom stereocenters. The maximum absolute atomic E-state index is 12.0. The Kier molecular flexibility index (Phi) is 9.92. The molecule has 9 nitrogen and oxygen atoms in total. The zero-order valence-electron chi connectivity index (χ0n) is 17.9. The van der Waals surface area contributed by atoms with Gasteiger partial charge in [-0.3, -0.25) is 30.6 Å². The molecule has 0 unspecified atom stereocenters. The SMILES string of the molecule is CCOc1ccc(NC(=O)CCC(=O)NNC(=S)NC(=O)COc2ccccc2C)cc1. The molecule has 2 rings (SSSR count). The van der Waals surface area contributed by atoms with Gasteiger partial charge in [0.2, 0.25) is 11.8 Å². The van der Waals surface area contributed by atoms with Gasteiger partial charge < -0.3 is 14.8 Å². The lowest BCUT2D eigenvalue weighted by atomic mass is 10.2. The molecule has 0 spiro atoms. The largest absolute Gasteiger partial charge is 0.494 e. The quantitative estimate of drug-likeness (QED) is 0.336. The van der Waals surface area contributed by atoms with E-state index in [1.54, 1.807) is 36.4 Å². The molecule has 2 aromatic rings. The number of amides is 3. The number of benzene rings is 2. The number of hydrogen-bond donors (Lipinski definition) is 4. The molecule has 0 radical (unpaired) electrons. The van der Waals surface area contributed by atoms with Gasteiger partial charge in [0.1, 0.15) is 11.5 Å². The van der Waals surface area contributed by atoms with Crippen molar-refractivity contribution in [3.05, 3.63) is 54.1 Å². The van der Waals surface area contributed by atoms with E-state index in [1.807, 2.05) is 26.0 Å². The summed E-state index contributed by atoms with van der Waals surface area (Å²) in [6.07, 6.45) is -0.0903. The zero-order chi connectivity index (χ0) is 23.3. The van der Waals surface area contributed by atoms with Crippen LogP contribution in [0.4, 0.5) is 5.69 Å². The molecule has 0 bridgehead atoms. The van der Waals surface area contributed by atoms with E-state index in [2.05, 4.69) is 21.5 Å². The summed E-state index contributed by atoms with van der Waals surface area (Å²) in [5.41, 5.74) is 6.25. The lowest BCUT2D eigenvalue weighted by Crippen LogP contribution is -2.49. The number of aryl methyl sites for hydroxylation is 1. The maximum atomic E-state index is 12.0. The predicted molar refractivity (Wildman–Crippen MR) is 124 cm³/mol. The van der Waals surface area contributed by atoms with Crippen LogP contribution in [0.5, 0.6) is 11.5 Å². The Labute approximate surface area is 191 Å². The van der Waals surface area contributed by atoms with Gasteiger partial charge in [0.25, 0.3) is 5.91 Å². The summed E-state index contributed by atoms with van der Waals surface area (Å²) >= 11 is 4.95. The van der Waals surface area contributed by atoms with E-state index in [4.69, 9.17) is 21.7 Å². The third-order valence-electron chi connectivity index (χ3n) is 4.05. The van der Waals surface area contributed by atoms with Crippen LogP contribution in [0.1, 0.15) is 25.3 Å². The molecule has 0 heterocycles. The first-order chi connectivity index (χ1) is 15.4. The Morgan fingerprint density at radius 1 is 0.875 bits per heavy atom. The summed E-state index contributed by atoms with van der Waals surface area (Å²) in [5.74, 6) is 0.0574. The number of nitrogens with one attached hydrogen (secondary N) is 4. The second-order valence-electron chi connectivity index (χ2n) is 6.61. The highest BCUT2D eigenvalue weighted by atomic mass is 32.1. The minimum atomic E-state index is -0.477. The van der Waals surface area contributed by atoms with E-state index < -0.39 is 11.8 Å². The van der Waals surface area contributed by atoms with Crippen molar-refractivity contribution in [1.82, 2.24) is 16.2 Å². The van der Waals surface area contributed by atoms with Crippen molar-refractivity contribution >= 4 is 40.7 Å². The van der Waals surface area contributed by atoms with Gasteiger partial charge in [-0.15, -0.1) is 0 Å². The highest BCUT2D eigenvalue weighted by molar-refractivity contribution is 7.80. The molecular weight excluding hydrogens is 432 g/mol. The second kappa shape index (κ2) is 12.9. The fourth-order valence-corrected chi connectivity index (χ4v) is 2.66. The molecule has 0 saturated carbocycles. The van der Waals surface area contributed by atoms with Crippen LogP contribution in [-0.2, 0) is 14.4 Å². The van der Waals surface area contributed by atoms with Gasteiger partial charge in [-0.1, -0.05) is 18.2 Å². The molecule has 0 aliphatic heterocycles. The molecular formula is C22H26N4O5S.